The molecule has 5 nitrogen and oxygen atoms in total. The molecule has 0 saturated carbocycles. The van der Waals surface area contributed by atoms with Gasteiger partial charge in [-0.05, 0) is 23.8 Å². The van der Waals surface area contributed by atoms with Crippen LogP contribution in [0.3, 0.4) is 0 Å². The SMILES string of the molecule is Cc1cncn(CCNC(=O)c2cccc3ccccc23)c1=O. The number of rotatable bonds is 4. The number of aromatic nitrogens is 2. The highest BCUT2D eigenvalue weighted by Gasteiger charge is 2.09. The van der Waals surface area contributed by atoms with Crippen LogP contribution in [0.4, 0.5) is 0 Å². The van der Waals surface area contributed by atoms with E-state index >= 15 is 0 Å². The second kappa shape index (κ2) is 6.44. The zero-order chi connectivity index (χ0) is 16.2. The molecule has 0 bridgehead atoms. The lowest BCUT2D eigenvalue weighted by Gasteiger charge is -2.09. The van der Waals surface area contributed by atoms with Crippen LogP contribution in [-0.4, -0.2) is 22.0 Å². The first kappa shape index (κ1) is 15.0. The van der Waals surface area contributed by atoms with Crippen molar-refractivity contribution in [1.82, 2.24) is 14.9 Å². The molecule has 3 rings (SSSR count). The number of benzene rings is 2. The van der Waals surface area contributed by atoms with Crippen LogP contribution >= 0.6 is 0 Å². The second-order valence-electron chi connectivity index (χ2n) is 5.36. The molecule has 1 aromatic heterocycles. The lowest BCUT2D eigenvalue weighted by molar-refractivity contribution is 0.0954. The fourth-order valence-corrected chi connectivity index (χ4v) is 2.53. The number of hydrogen-bond donors (Lipinski definition) is 1. The normalized spacial score (nSPS) is 10.7. The van der Waals surface area contributed by atoms with Crippen LogP contribution in [0.25, 0.3) is 10.8 Å². The third-order valence-electron chi connectivity index (χ3n) is 3.74. The van der Waals surface area contributed by atoms with Gasteiger partial charge in [0.15, 0.2) is 0 Å². The van der Waals surface area contributed by atoms with Gasteiger partial charge < -0.3 is 5.32 Å². The molecular weight excluding hydrogens is 290 g/mol. The Labute approximate surface area is 133 Å². The minimum absolute atomic E-state index is 0.0839. The number of aryl methyl sites for hydroxylation is 1. The zero-order valence-electron chi connectivity index (χ0n) is 12.8. The van der Waals surface area contributed by atoms with Gasteiger partial charge in [0, 0.05) is 30.4 Å². The first-order valence-corrected chi connectivity index (χ1v) is 7.44. The standard InChI is InChI=1S/C18H17N3O2/c1-13-11-19-12-21(18(13)23)10-9-20-17(22)16-8-4-6-14-5-2-3-7-15(14)16/h2-8,11-12H,9-10H2,1H3,(H,20,22). The van der Waals surface area contributed by atoms with Crippen molar-refractivity contribution in [2.75, 3.05) is 6.54 Å². The maximum Gasteiger partial charge on any atom is 0.256 e. The predicted octanol–water partition coefficient (Wildman–Crippen LogP) is 2.13. The minimum atomic E-state index is -0.143. The Morgan fingerprint density at radius 1 is 1.17 bits per heavy atom. The highest BCUT2D eigenvalue weighted by Crippen LogP contribution is 2.18. The van der Waals surface area contributed by atoms with Gasteiger partial charge in [-0.2, -0.15) is 0 Å². The predicted molar refractivity (Wildman–Crippen MR) is 89.5 cm³/mol. The van der Waals surface area contributed by atoms with Crippen LogP contribution in [-0.2, 0) is 6.54 Å². The molecule has 0 atom stereocenters. The number of fused-ring (bicyclic) bond motifs is 1. The molecule has 0 aliphatic carbocycles. The van der Waals surface area contributed by atoms with E-state index < -0.39 is 0 Å². The summed E-state index contributed by atoms with van der Waals surface area (Å²) in [7, 11) is 0. The van der Waals surface area contributed by atoms with E-state index in [1.807, 2.05) is 36.4 Å². The number of nitrogens with one attached hydrogen (secondary N) is 1. The molecule has 3 aromatic rings. The van der Waals surface area contributed by atoms with E-state index in [1.54, 1.807) is 13.0 Å². The Morgan fingerprint density at radius 2 is 1.96 bits per heavy atom. The molecule has 23 heavy (non-hydrogen) atoms. The third-order valence-corrected chi connectivity index (χ3v) is 3.74. The molecular formula is C18H17N3O2. The van der Waals surface area contributed by atoms with Crippen molar-refractivity contribution in [3.05, 3.63) is 76.5 Å². The van der Waals surface area contributed by atoms with Gasteiger partial charge >= 0.3 is 0 Å². The number of amides is 1. The van der Waals surface area contributed by atoms with Crippen LogP contribution in [0.5, 0.6) is 0 Å². The summed E-state index contributed by atoms with van der Waals surface area (Å²) < 4.78 is 1.50. The molecule has 0 spiro atoms. The van der Waals surface area contributed by atoms with Gasteiger partial charge in [0.05, 0.1) is 6.33 Å². The van der Waals surface area contributed by atoms with Crippen molar-refractivity contribution >= 4 is 16.7 Å². The molecule has 1 amide bonds. The van der Waals surface area contributed by atoms with Crippen molar-refractivity contribution in [3.8, 4) is 0 Å². The van der Waals surface area contributed by atoms with Crippen molar-refractivity contribution in [2.24, 2.45) is 0 Å². The van der Waals surface area contributed by atoms with E-state index in [-0.39, 0.29) is 11.5 Å². The summed E-state index contributed by atoms with van der Waals surface area (Å²) in [5.74, 6) is -0.143. The monoisotopic (exact) mass is 307 g/mol. The van der Waals surface area contributed by atoms with Crippen molar-refractivity contribution in [3.63, 3.8) is 0 Å². The Bertz CT molecular complexity index is 910. The summed E-state index contributed by atoms with van der Waals surface area (Å²) in [5, 5.41) is 4.81. The Morgan fingerprint density at radius 3 is 2.83 bits per heavy atom. The molecule has 0 radical (unpaired) electrons. The molecule has 0 saturated heterocycles. The fraction of sp³-hybridized carbons (Fsp3) is 0.167. The van der Waals surface area contributed by atoms with Crippen molar-refractivity contribution in [1.29, 1.82) is 0 Å². The van der Waals surface area contributed by atoms with E-state index in [2.05, 4.69) is 10.3 Å². The first-order chi connectivity index (χ1) is 11.2. The molecule has 1 heterocycles. The molecule has 2 aromatic carbocycles. The van der Waals surface area contributed by atoms with Gasteiger partial charge in [0.25, 0.3) is 11.5 Å². The maximum atomic E-state index is 12.4. The van der Waals surface area contributed by atoms with E-state index in [1.165, 1.54) is 17.1 Å². The van der Waals surface area contributed by atoms with E-state index in [4.69, 9.17) is 0 Å². The summed E-state index contributed by atoms with van der Waals surface area (Å²) in [6.07, 6.45) is 3.02. The molecule has 0 aliphatic rings. The van der Waals surface area contributed by atoms with E-state index in [0.29, 0.717) is 24.2 Å². The van der Waals surface area contributed by atoms with Gasteiger partial charge in [-0.15, -0.1) is 0 Å². The third kappa shape index (κ3) is 3.13. The summed E-state index contributed by atoms with van der Waals surface area (Å²) in [6, 6.07) is 13.4. The Kier molecular flexibility index (Phi) is 4.19. The molecule has 0 aliphatic heterocycles. The van der Waals surface area contributed by atoms with Gasteiger partial charge in [-0.3, -0.25) is 14.2 Å². The largest absolute Gasteiger partial charge is 0.350 e. The van der Waals surface area contributed by atoms with E-state index in [9.17, 15) is 9.59 Å². The summed E-state index contributed by atoms with van der Waals surface area (Å²) in [4.78, 5) is 28.3. The van der Waals surface area contributed by atoms with Gasteiger partial charge in [-0.1, -0.05) is 36.4 Å². The maximum absolute atomic E-state index is 12.4. The molecule has 5 heteroatoms. The number of carbonyl (C=O) groups excluding carboxylic acids is 1. The summed E-state index contributed by atoms with van der Waals surface area (Å²) >= 11 is 0. The summed E-state index contributed by atoms with van der Waals surface area (Å²) in [5.41, 5.74) is 1.14. The molecule has 0 fully saturated rings. The molecule has 1 N–H and O–H groups in total. The second-order valence-corrected chi connectivity index (χ2v) is 5.36. The van der Waals surface area contributed by atoms with Crippen LogP contribution < -0.4 is 10.9 Å². The Balaban J connectivity index is 1.72. The fourth-order valence-electron chi connectivity index (χ4n) is 2.53. The van der Waals surface area contributed by atoms with Gasteiger partial charge in [-0.25, -0.2) is 4.98 Å². The average Bonchev–Trinajstić information content (AvgIpc) is 2.58. The highest BCUT2D eigenvalue weighted by atomic mass is 16.1. The first-order valence-electron chi connectivity index (χ1n) is 7.44. The average molecular weight is 307 g/mol. The highest BCUT2D eigenvalue weighted by molar-refractivity contribution is 6.06. The molecule has 0 unspecified atom stereocenters. The van der Waals surface area contributed by atoms with Gasteiger partial charge in [0.2, 0.25) is 0 Å². The smallest absolute Gasteiger partial charge is 0.256 e. The Hall–Kier alpha value is -2.95. The van der Waals surface area contributed by atoms with Crippen LogP contribution in [0.2, 0.25) is 0 Å². The van der Waals surface area contributed by atoms with Crippen LogP contribution in [0, 0.1) is 6.92 Å². The van der Waals surface area contributed by atoms with Crippen molar-refractivity contribution in [2.45, 2.75) is 13.5 Å². The number of nitrogens with zero attached hydrogens (tertiary/aromatic N) is 2. The summed E-state index contributed by atoms with van der Waals surface area (Å²) in [6.45, 7) is 2.48. The zero-order valence-corrected chi connectivity index (χ0v) is 12.8. The molecule has 116 valence electrons. The number of hydrogen-bond acceptors (Lipinski definition) is 3. The van der Waals surface area contributed by atoms with E-state index in [0.717, 1.165) is 10.8 Å². The van der Waals surface area contributed by atoms with Crippen LogP contribution in [0.15, 0.2) is 59.8 Å². The van der Waals surface area contributed by atoms with Crippen molar-refractivity contribution < 1.29 is 4.79 Å². The topological polar surface area (TPSA) is 64.0 Å². The lowest BCUT2D eigenvalue weighted by Crippen LogP contribution is -2.31. The number of carbonyl (C=O) groups is 1. The van der Waals surface area contributed by atoms with Gasteiger partial charge in [0.1, 0.15) is 0 Å². The van der Waals surface area contributed by atoms with Crippen LogP contribution in [0.1, 0.15) is 15.9 Å². The minimum Gasteiger partial charge on any atom is -0.350 e. The lowest BCUT2D eigenvalue weighted by atomic mass is 10.0. The quantitative estimate of drug-likeness (QED) is 0.803.